The fraction of sp³-hybridized carbons (Fsp3) is 0.263. The molecule has 2 aromatic heterocycles. The summed E-state index contributed by atoms with van der Waals surface area (Å²) >= 11 is 0. The smallest absolute Gasteiger partial charge is 0.148 e. The fourth-order valence-corrected chi connectivity index (χ4v) is 7.55. The van der Waals surface area contributed by atoms with Crippen LogP contribution in [0.1, 0.15) is 136 Å². The minimum atomic E-state index is -3.95. The summed E-state index contributed by atoms with van der Waals surface area (Å²) < 4.78 is 176. The number of aromatic hydroxyl groups is 1. The maximum Gasteiger partial charge on any atom is 0.148 e. The molecule has 0 saturated heterocycles. The Balaban J connectivity index is 0.00000968. The number of pyridine rings is 1. The Bertz CT molecular complexity index is 3760. The molecule has 0 amide bonds. The second-order valence-electron chi connectivity index (χ2n) is 16.8. The van der Waals surface area contributed by atoms with Gasteiger partial charge in [-0.05, 0) is 110 Å². The van der Waals surface area contributed by atoms with E-state index in [9.17, 15) is 6.48 Å². The number of aromatic nitrogens is 3. The summed E-state index contributed by atoms with van der Waals surface area (Å²) in [4.78, 5) is 9.48. The Morgan fingerprint density at radius 2 is 1.44 bits per heavy atom. The molecule has 0 aliphatic rings. The van der Waals surface area contributed by atoms with Crippen molar-refractivity contribution >= 4 is 11.0 Å². The van der Waals surface area contributed by atoms with Crippen molar-refractivity contribution in [2.24, 2.45) is 0 Å². The van der Waals surface area contributed by atoms with Crippen LogP contribution in [0.3, 0.4) is 0 Å². The van der Waals surface area contributed by atoms with Gasteiger partial charge in [0.05, 0.1) is 31.9 Å². The van der Waals surface area contributed by atoms with Crippen molar-refractivity contribution in [3.8, 4) is 67.5 Å². The van der Waals surface area contributed by atoms with Crippen LogP contribution in [0.4, 0.5) is 0 Å². The van der Waals surface area contributed by atoms with Gasteiger partial charge >= 0.3 is 0 Å². The minimum absolute atomic E-state index is 0. The molecule has 2 heterocycles. The van der Waals surface area contributed by atoms with Crippen molar-refractivity contribution in [1.29, 1.82) is 0 Å². The molecule has 62 heavy (non-hydrogen) atoms. The maximum absolute atomic E-state index is 11.5. The third kappa shape index (κ3) is 8.60. The summed E-state index contributed by atoms with van der Waals surface area (Å²) in [5.41, 5.74) is -2.31. The summed E-state index contributed by atoms with van der Waals surface area (Å²) in [5.74, 6) is -1.03. The number of phenols is 1. The molecular weight excluding hydrogens is 938 g/mol. The van der Waals surface area contributed by atoms with E-state index in [0.717, 1.165) is 11.1 Å². The molecule has 0 aliphatic carbocycles. The molecule has 0 atom stereocenters. The largest absolute Gasteiger partial charge is 0.507 e. The van der Waals surface area contributed by atoms with Gasteiger partial charge in [-0.1, -0.05) is 159 Å². The summed E-state index contributed by atoms with van der Waals surface area (Å²) in [7, 11) is 0. The molecule has 0 saturated carbocycles. The first-order chi connectivity index (χ1) is 37.2. The summed E-state index contributed by atoms with van der Waals surface area (Å²) in [6.07, 6.45) is -0.800. The first-order valence-electron chi connectivity index (χ1n) is 29.9. The molecule has 0 spiro atoms. The Labute approximate surface area is 411 Å². The zero-order chi connectivity index (χ0) is 60.4. The number of rotatable bonds is 8. The zero-order valence-corrected chi connectivity index (χ0v) is 37.6. The average molecular weight is 1020 g/mol. The van der Waals surface area contributed by atoms with E-state index in [1.165, 1.54) is 6.07 Å². The van der Waals surface area contributed by atoms with E-state index in [4.69, 9.17) is 31.0 Å². The van der Waals surface area contributed by atoms with Crippen molar-refractivity contribution in [3.63, 3.8) is 0 Å². The van der Waals surface area contributed by atoms with Crippen LogP contribution >= 0.6 is 0 Å². The number of aryl methyl sites for hydroxylation is 1. The minimum Gasteiger partial charge on any atom is -0.507 e. The predicted molar refractivity (Wildman–Crippen MR) is 257 cm³/mol. The molecule has 0 unspecified atom stereocenters. The number of imidazole rings is 1. The van der Waals surface area contributed by atoms with Crippen molar-refractivity contribution in [2.75, 3.05) is 0 Å². The van der Waals surface area contributed by atoms with E-state index in [2.05, 4.69) is 11.1 Å². The van der Waals surface area contributed by atoms with Gasteiger partial charge < -0.3 is 5.11 Å². The molecule has 8 aromatic rings. The van der Waals surface area contributed by atoms with Crippen molar-refractivity contribution < 1.29 is 53.6 Å². The van der Waals surface area contributed by atoms with Crippen LogP contribution in [0, 0.1) is 12.9 Å². The number of nitrogens with zero attached hydrogens (tertiary/aromatic N) is 3. The van der Waals surface area contributed by atoms with Gasteiger partial charge in [-0.25, -0.2) is 4.98 Å². The molecule has 8 rings (SSSR count). The Hall–Kier alpha value is -5.57. The van der Waals surface area contributed by atoms with E-state index in [0.29, 0.717) is 38.9 Å². The molecule has 5 heteroatoms. The number of para-hydroxylation sites is 2. The van der Waals surface area contributed by atoms with Gasteiger partial charge in [0, 0.05) is 50.8 Å². The normalized spacial score (nSPS) is 17.7. The molecule has 318 valence electrons. The summed E-state index contributed by atoms with van der Waals surface area (Å²) in [6, 6.07) is 22.7. The summed E-state index contributed by atoms with van der Waals surface area (Å²) in [6.45, 7) is -1.25. The van der Waals surface area contributed by atoms with Crippen LogP contribution in [0.2, 0.25) is 0 Å². The molecule has 0 aliphatic heterocycles. The Morgan fingerprint density at radius 3 is 2.13 bits per heavy atom. The SMILES string of the molecule is [2H]c1nc(-c2[c-]c(-c3cccc4c3nc(-c3ccccc3O)n4-c3ccc(-c4c(C(C)C)cccc4C([2H])(C)C)cc3C([2H])([2H])[2H])cc(C(C)(C)C)c2)c([2H])c(-c2c([2H])c([2H])c(C(C([2H])([2H])[2H])(C([2H])([2H])[2H])C([2H])([2H])[2H])c([2H])c2[2H])c1[2H].[Pt]. The second-order valence-corrected chi connectivity index (χ2v) is 16.8. The second kappa shape index (κ2) is 17.3. The van der Waals surface area contributed by atoms with Crippen LogP contribution < -0.4 is 0 Å². The van der Waals surface area contributed by atoms with Crippen molar-refractivity contribution in [2.45, 2.75) is 98.5 Å². The number of fused-ring (bicyclic) bond motifs is 1. The molecule has 0 fully saturated rings. The number of hydrogen-bond donors (Lipinski definition) is 1. The quantitative estimate of drug-likeness (QED) is 0.154. The van der Waals surface area contributed by atoms with Crippen molar-refractivity contribution in [1.82, 2.24) is 14.5 Å². The Morgan fingerprint density at radius 1 is 0.726 bits per heavy atom. The number of benzene rings is 6. The van der Waals surface area contributed by atoms with E-state index >= 15 is 0 Å². The maximum atomic E-state index is 11.5. The van der Waals surface area contributed by atoms with Gasteiger partial charge in [-0.2, -0.15) is 0 Å². The van der Waals surface area contributed by atoms with Gasteiger partial charge in [0.25, 0.3) is 0 Å². The van der Waals surface area contributed by atoms with E-state index in [-0.39, 0.29) is 66.6 Å². The van der Waals surface area contributed by atoms with Gasteiger partial charge in [0.2, 0.25) is 0 Å². The standard InChI is InChI=1S/C57H58N3O.Pt/c1-35(2)45-17-14-18-46(36(3)4)53(45)40-24-27-50(37(5)30-40)60-51-20-15-19-47(54(51)59-55(60)48-16-12-13-21-52(48)61)41-31-42(33-44(32-41)57(9,10)11)49-34-39(28-29-58-49)38-22-25-43(26-23-38)56(6,7)8;/h12-30,32-36,61H,1-11H3;/q-1;/i5D3,6D3,7D3,8D3,22D,23D,25D,26D,28D,29D,34D,35D;. The number of hydrogen-bond acceptors (Lipinski definition) is 3. The van der Waals surface area contributed by atoms with Gasteiger partial charge in [-0.3, -0.25) is 9.55 Å². The molecule has 0 radical (unpaired) electrons. The van der Waals surface area contributed by atoms with Crippen LogP contribution in [-0.4, -0.2) is 19.6 Å². The molecule has 4 nitrogen and oxygen atoms in total. The molecular formula is C57H58N3OPt-. The predicted octanol–water partition coefficient (Wildman–Crippen LogP) is 15.4. The molecule has 0 bridgehead atoms. The monoisotopic (exact) mass is 1020 g/mol. The van der Waals surface area contributed by atoms with Gasteiger partial charge in [0.15, 0.2) is 0 Å². The number of phenolic OH excluding ortho intramolecular Hbond substituents is 1. The Kier molecular flexibility index (Phi) is 7.12. The van der Waals surface area contributed by atoms with E-state index in [1.54, 1.807) is 73.0 Å². The van der Waals surface area contributed by atoms with Gasteiger partial charge in [0.1, 0.15) is 11.6 Å². The first kappa shape index (κ1) is 25.5. The van der Waals surface area contributed by atoms with E-state index < -0.39 is 103 Å². The van der Waals surface area contributed by atoms with Crippen LogP contribution in [0.25, 0.3) is 72.7 Å². The average Bonchev–Trinajstić information content (AvgIpc) is 1.47. The summed E-state index contributed by atoms with van der Waals surface area (Å²) in [5, 5.41) is 11.5. The van der Waals surface area contributed by atoms with E-state index in [1.807, 2.05) is 65.0 Å². The van der Waals surface area contributed by atoms with Gasteiger partial charge in [-0.15, -0.1) is 29.3 Å². The molecule has 1 N–H and O–H groups in total. The van der Waals surface area contributed by atoms with Crippen LogP contribution in [-0.2, 0) is 31.9 Å². The van der Waals surface area contributed by atoms with Crippen LogP contribution in [0.15, 0.2) is 133 Å². The fourth-order valence-electron chi connectivity index (χ4n) is 7.55. The molecule has 6 aromatic carbocycles. The van der Waals surface area contributed by atoms with Crippen LogP contribution in [0.5, 0.6) is 5.75 Å². The first-order valence-corrected chi connectivity index (χ1v) is 19.9. The topological polar surface area (TPSA) is 50.9 Å². The third-order valence-corrected chi connectivity index (χ3v) is 10.7. The third-order valence-electron chi connectivity index (χ3n) is 10.7. The van der Waals surface area contributed by atoms with Crippen molar-refractivity contribution in [3.05, 3.63) is 167 Å². The zero-order valence-electron chi connectivity index (χ0n) is 55.3.